The monoisotopic (exact) mass is 227 g/mol. The molecule has 1 aliphatic heterocycles. The van der Waals surface area contributed by atoms with Crippen LogP contribution in [0.1, 0.15) is 26.2 Å². The van der Waals surface area contributed by atoms with Gasteiger partial charge in [0, 0.05) is 31.2 Å². The minimum Gasteiger partial charge on any atom is -0.337 e. The van der Waals surface area contributed by atoms with E-state index < -0.39 is 0 Å². The highest BCUT2D eigenvalue weighted by atomic mass is 32.2. The molecule has 0 aromatic heterocycles. The van der Waals surface area contributed by atoms with Crippen molar-refractivity contribution in [3.8, 4) is 0 Å². The van der Waals surface area contributed by atoms with E-state index in [1.54, 1.807) is 11.8 Å². The van der Waals surface area contributed by atoms with Gasteiger partial charge in [-0.25, -0.2) is 0 Å². The first-order chi connectivity index (χ1) is 7.18. The van der Waals surface area contributed by atoms with E-state index >= 15 is 0 Å². The molecule has 0 aromatic rings. The van der Waals surface area contributed by atoms with Gasteiger partial charge in [-0.1, -0.05) is 6.92 Å². The summed E-state index contributed by atoms with van der Waals surface area (Å²) in [7, 11) is 0. The van der Waals surface area contributed by atoms with E-state index in [1.165, 1.54) is 0 Å². The van der Waals surface area contributed by atoms with E-state index in [9.17, 15) is 9.59 Å². The van der Waals surface area contributed by atoms with Crippen molar-refractivity contribution < 1.29 is 9.59 Å². The van der Waals surface area contributed by atoms with Gasteiger partial charge in [-0.2, -0.15) is 11.8 Å². The molecule has 1 heterocycles. The standard InChI is InChI=1S/C11H17NO2S/c1-8-2-3-9(13)6-10(8)12-4-5-15-7-11(12)14/h8,10H,2-7H2,1H3. The summed E-state index contributed by atoms with van der Waals surface area (Å²) < 4.78 is 0. The molecule has 1 aliphatic carbocycles. The number of carbonyl (C=O) groups excluding carboxylic acids is 2. The molecule has 15 heavy (non-hydrogen) atoms. The van der Waals surface area contributed by atoms with E-state index in [4.69, 9.17) is 0 Å². The Kier molecular flexibility index (Phi) is 3.34. The van der Waals surface area contributed by atoms with Crippen LogP contribution in [-0.4, -0.2) is 40.7 Å². The smallest absolute Gasteiger partial charge is 0.232 e. The van der Waals surface area contributed by atoms with Crippen molar-refractivity contribution in [3.05, 3.63) is 0 Å². The molecule has 4 heteroatoms. The number of Topliss-reactive ketones (excluding diaryl/α,β-unsaturated/α-hetero) is 1. The van der Waals surface area contributed by atoms with Gasteiger partial charge >= 0.3 is 0 Å². The van der Waals surface area contributed by atoms with Crippen LogP contribution in [0.3, 0.4) is 0 Å². The molecule has 2 rings (SSSR count). The average Bonchev–Trinajstić information content (AvgIpc) is 2.23. The second kappa shape index (κ2) is 4.56. The number of thioether (sulfide) groups is 1. The third-order valence-corrected chi connectivity index (χ3v) is 4.32. The zero-order valence-corrected chi connectivity index (χ0v) is 9.89. The molecule has 84 valence electrons. The Morgan fingerprint density at radius 1 is 1.40 bits per heavy atom. The van der Waals surface area contributed by atoms with Crippen molar-refractivity contribution in [2.75, 3.05) is 18.1 Å². The highest BCUT2D eigenvalue weighted by molar-refractivity contribution is 8.00. The molecular formula is C11H17NO2S. The molecule has 1 saturated carbocycles. The zero-order chi connectivity index (χ0) is 10.8. The highest BCUT2D eigenvalue weighted by Gasteiger charge is 2.34. The van der Waals surface area contributed by atoms with Crippen LogP contribution in [0.2, 0.25) is 0 Å². The molecule has 1 saturated heterocycles. The SMILES string of the molecule is CC1CCC(=O)CC1N1CCSCC1=O. The first-order valence-electron chi connectivity index (χ1n) is 5.57. The maximum atomic E-state index is 11.7. The van der Waals surface area contributed by atoms with Gasteiger partial charge in [-0.15, -0.1) is 0 Å². The predicted octanol–water partition coefficient (Wildman–Crippen LogP) is 1.32. The molecule has 0 bridgehead atoms. The number of hydrogen-bond acceptors (Lipinski definition) is 3. The lowest BCUT2D eigenvalue weighted by Gasteiger charge is -2.39. The van der Waals surface area contributed by atoms with Crippen LogP contribution in [-0.2, 0) is 9.59 Å². The van der Waals surface area contributed by atoms with Crippen LogP contribution in [0.5, 0.6) is 0 Å². The maximum Gasteiger partial charge on any atom is 0.232 e. The Morgan fingerprint density at radius 3 is 2.93 bits per heavy atom. The summed E-state index contributed by atoms with van der Waals surface area (Å²) in [5, 5.41) is 0. The van der Waals surface area contributed by atoms with Gasteiger partial charge in [0.05, 0.1) is 5.75 Å². The summed E-state index contributed by atoms with van der Waals surface area (Å²) in [6, 6.07) is 0.180. The van der Waals surface area contributed by atoms with Gasteiger partial charge in [-0.3, -0.25) is 9.59 Å². The first kappa shape index (κ1) is 11.0. The van der Waals surface area contributed by atoms with Crippen LogP contribution in [0.4, 0.5) is 0 Å². The first-order valence-corrected chi connectivity index (χ1v) is 6.73. The lowest BCUT2D eigenvalue weighted by atomic mass is 9.84. The van der Waals surface area contributed by atoms with Gasteiger partial charge in [0.1, 0.15) is 5.78 Å². The summed E-state index contributed by atoms with van der Waals surface area (Å²) >= 11 is 1.70. The number of carbonyl (C=O) groups is 2. The third-order valence-electron chi connectivity index (χ3n) is 3.39. The summed E-state index contributed by atoms with van der Waals surface area (Å²) in [4.78, 5) is 25.1. The van der Waals surface area contributed by atoms with E-state index in [0.717, 1.165) is 18.7 Å². The maximum absolute atomic E-state index is 11.7. The minimum absolute atomic E-state index is 0.180. The van der Waals surface area contributed by atoms with Crippen LogP contribution in [0.15, 0.2) is 0 Å². The van der Waals surface area contributed by atoms with Crippen LogP contribution < -0.4 is 0 Å². The topological polar surface area (TPSA) is 37.4 Å². The Hall–Kier alpha value is -0.510. The van der Waals surface area contributed by atoms with Gasteiger partial charge in [0.2, 0.25) is 5.91 Å². The lowest BCUT2D eigenvalue weighted by molar-refractivity contribution is -0.134. The fraction of sp³-hybridized carbons (Fsp3) is 0.818. The Balaban J connectivity index is 2.06. The predicted molar refractivity (Wildman–Crippen MR) is 60.8 cm³/mol. The molecule has 2 fully saturated rings. The molecule has 2 atom stereocenters. The summed E-state index contributed by atoms with van der Waals surface area (Å²) in [6.07, 6.45) is 2.23. The molecular weight excluding hydrogens is 210 g/mol. The second-order valence-corrected chi connectivity index (χ2v) is 5.57. The Bertz CT molecular complexity index is 280. The quantitative estimate of drug-likeness (QED) is 0.678. The van der Waals surface area contributed by atoms with Gasteiger partial charge < -0.3 is 4.90 Å². The van der Waals surface area contributed by atoms with E-state index in [1.807, 2.05) is 4.90 Å². The molecule has 3 nitrogen and oxygen atoms in total. The minimum atomic E-state index is 0.180. The second-order valence-electron chi connectivity index (χ2n) is 4.47. The van der Waals surface area contributed by atoms with Crippen molar-refractivity contribution in [1.82, 2.24) is 4.90 Å². The van der Waals surface area contributed by atoms with Crippen LogP contribution in [0.25, 0.3) is 0 Å². The summed E-state index contributed by atoms with van der Waals surface area (Å²) in [5.41, 5.74) is 0. The summed E-state index contributed by atoms with van der Waals surface area (Å²) in [5.74, 6) is 2.64. The number of rotatable bonds is 1. The molecule has 0 N–H and O–H groups in total. The molecule has 2 aliphatic rings. The lowest BCUT2D eigenvalue weighted by Crippen LogP contribution is -2.50. The van der Waals surface area contributed by atoms with Gasteiger partial charge in [-0.05, 0) is 12.3 Å². The van der Waals surface area contributed by atoms with Gasteiger partial charge in [0.25, 0.3) is 0 Å². The Labute approximate surface area is 94.6 Å². The normalized spacial score (nSPS) is 33.3. The Morgan fingerprint density at radius 2 is 2.20 bits per heavy atom. The van der Waals surface area contributed by atoms with Crippen molar-refractivity contribution in [1.29, 1.82) is 0 Å². The van der Waals surface area contributed by atoms with E-state index in [-0.39, 0.29) is 11.9 Å². The van der Waals surface area contributed by atoms with Crippen molar-refractivity contribution in [3.63, 3.8) is 0 Å². The fourth-order valence-electron chi connectivity index (χ4n) is 2.42. The van der Waals surface area contributed by atoms with Crippen molar-refractivity contribution >= 4 is 23.5 Å². The van der Waals surface area contributed by atoms with Gasteiger partial charge in [0.15, 0.2) is 0 Å². The number of ketones is 1. The van der Waals surface area contributed by atoms with Crippen molar-refractivity contribution in [2.45, 2.75) is 32.2 Å². The molecule has 0 spiro atoms. The third kappa shape index (κ3) is 2.36. The molecule has 0 aromatic carbocycles. The largest absolute Gasteiger partial charge is 0.337 e. The molecule has 2 unspecified atom stereocenters. The zero-order valence-electron chi connectivity index (χ0n) is 9.07. The van der Waals surface area contributed by atoms with Crippen LogP contribution >= 0.6 is 11.8 Å². The van der Waals surface area contributed by atoms with E-state index in [0.29, 0.717) is 30.3 Å². The average molecular weight is 227 g/mol. The van der Waals surface area contributed by atoms with Crippen LogP contribution in [0, 0.1) is 5.92 Å². The number of amides is 1. The molecule has 0 radical (unpaired) electrons. The summed E-state index contributed by atoms with van der Waals surface area (Å²) in [6.45, 7) is 2.98. The number of nitrogens with zero attached hydrogens (tertiary/aromatic N) is 1. The fourth-order valence-corrected chi connectivity index (χ4v) is 3.23. The van der Waals surface area contributed by atoms with Crippen molar-refractivity contribution in [2.24, 2.45) is 5.92 Å². The number of hydrogen-bond donors (Lipinski definition) is 0. The highest BCUT2D eigenvalue weighted by Crippen LogP contribution is 2.28. The molecule has 1 amide bonds. The van der Waals surface area contributed by atoms with E-state index in [2.05, 4.69) is 6.92 Å².